The number of rotatable bonds is 0. The molecular weight excluding hydrogens is 533 g/mol. The third-order valence-electron chi connectivity index (χ3n) is 5.52. The van der Waals surface area contributed by atoms with E-state index in [0.717, 1.165) is 11.5 Å². The highest BCUT2D eigenvalue weighted by atomic mass is 127. The normalized spacial score (nSPS) is 15.8. The van der Waals surface area contributed by atoms with Crippen LogP contribution in [0.25, 0.3) is 0 Å². The van der Waals surface area contributed by atoms with Gasteiger partial charge >= 0.3 is 0 Å². The molecule has 0 saturated carbocycles. The summed E-state index contributed by atoms with van der Waals surface area (Å²) in [6.07, 6.45) is 0. The summed E-state index contributed by atoms with van der Waals surface area (Å²) in [5.41, 5.74) is 6.86. The quantitative estimate of drug-likeness (QED) is 0.237. The molecule has 5 rings (SSSR count). The van der Waals surface area contributed by atoms with E-state index in [-0.39, 0.29) is 12.1 Å². The molecule has 0 saturated heterocycles. The SMILES string of the molecule is CC1(C)c2ccccc2B2c3cc(I)ccc3Oc3ccc(I)c1c32. The van der Waals surface area contributed by atoms with Gasteiger partial charge < -0.3 is 4.74 Å². The van der Waals surface area contributed by atoms with Gasteiger partial charge in [-0.3, -0.25) is 0 Å². The maximum absolute atomic E-state index is 6.34. The highest BCUT2D eigenvalue weighted by Gasteiger charge is 2.45. The first-order valence-corrected chi connectivity index (χ1v) is 10.5. The fraction of sp³-hybridized carbons (Fsp3) is 0.143. The summed E-state index contributed by atoms with van der Waals surface area (Å²) in [5, 5.41) is 0. The van der Waals surface area contributed by atoms with Crippen molar-refractivity contribution in [3.05, 3.63) is 72.9 Å². The Morgan fingerprint density at radius 2 is 1.64 bits per heavy atom. The van der Waals surface area contributed by atoms with Crippen LogP contribution in [0.5, 0.6) is 11.5 Å². The van der Waals surface area contributed by atoms with Crippen molar-refractivity contribution in [3.8, 4) is 11.5 Å². The molecule has 3 aromatic carbocycles. The van der Waals surface area contributed by atoms with E-state index in [2.05, 4.69) is 114 Å². The zero-order valence-electron chi connectivity index (χ0n) is 13.9. The molecule has 4 heteroatoms. The minimum Gasteiger partial charge on any atom is -0.458 e. The first-order valence-electron chi connectivity index (χ1n) is 8.38. The molecule has 0 N–H and O–H groups in total. The standard InChI is InChI=1S/C21H15BI2O/c1-21(2)13-5-3-4-6-14(13)22-15-11-12(23)7-9-17(15)25-18-10-8-16(24)19(21)20(18)22/h3-11H,1-2H3. The molecule has 0 spiro atoms. The Balaban J connectivity index is 1.94. The van der Waals surface area contributed by atoms with E-state index < -0.39 is 0 Å². The van der Waals surface area contributed by atoms with Crippen LogP contribution in [0.1, 0.15) is 25.0 Å². The summed E-state index contributed by atoms with van der Waals surface area (Å²) in [7, 11) is 0. The molecule has 2 aliphatic heterocycles. The Kier molecular flexibility index (Phi) is 3.55. The Hall–Kier alpha value is -1.02. The van der Waals surface area contributed by atoms with Crippen molar-refractivity contribution in [1.82, 2.24) is 0 Å². The van der Waals surface area contributed by atoms with Gasteiger partial charge in [0.15, 0.2) is 0 Å². The lowest BCUT2D eigenvalue weighted by atomic mass is 9.31. The summed E-state index contributed by atoms with van der Waals surface area (Å²) in [6.45, 7) is 4.93. The number of hydrogen-bond acceptors (Lipinski definition) is 1. The fourth-order valence-corrected chi connectivity index (χ4v) is 6.13. The first-order chi connectivity index (χ1) is 12.0. The fourth-order valence-electron chi connectivity index (χ4n) is 4.47. The van der Waals surface area contributed by atoms with Gasteiger partial charge in [-0.1, -0.05) is 43.6 Å². The van der Waals surface area contributed by atoms with Crippen LogP contribution in [0, 0.1) is 7.14 Å². The Bertz CT molecular complexity index is 1040. The lowest BCUT2D eigenvalue weighted by Gasteiger charge is -2.42. The average Bonchev–Trinajstić information content (AvgIpc) is 2.59. The zero-order valence-corrected chi connectivity index (χ0v) is 18.3. The predicted octanol–water partition coefficient (Wildman–Crippen LogP) is 4.16. The number of fused-ring (bicyclic) bond motifs is 4. The molecule has 0 radical (unpaired) electrons. The van der Waals surface area contributed by atoms with Crippen LogP contribution in [0.3, 0.4) is 0 Å². The van der Waals surface area contributed by atoms with Gasteiger partial charge in [0.1, 0.15) is 11.5 Å². The van der Waals surface area contributed by atoms with Crippen LogP contribution in [0.4, 0.5) is 0 Å². The van der Waals surface area contributed by atoms with E-state index in [0.29, 0.717) is 0 Å². The molecular formula is C21H15BI2O. The number of hydrogen-bond donors (Lipinski definition) is 0. The van der Waals surface area contributed by atoms with Crippen molar-refractivity contribution < 1.29 is 4.74 Å². The average molecular weight is 548 g/mol. The number of halogens is 2. The Morgan fingerprint density at radius 3 is 2.48 bits per heavy atom. The van der Waals surface area contributed by atoms with E-state index in [4.69, 9.17) is 4.74 Å². The van der Waals surface area contributed by atoms with Crippen LogP contribution in [0.15, 0.2) is 54.6 Å². The molecule has 0 aromatic heterocycles. The van der Waals surface area contributed by atoms with Crippen molar-refractivity contribution in [2.45, 2.75) is 19.3 Å². The molecule has 0 aliphatic carbocycles. The highest BCUT2D eigenvalue weighted by molar-refractivity contribution is 14.1. The van der Waals surface area contributed by atoms with E-state index in [1.165, 1.54) is 34.7 Å². The first kappa shape index (κ1) is 16.2. The van der Waals surface area contributed by atoms with Crippen molar-refractivity contribution in [3.63, 3.8) is 0 Å². The third-order valence-corrected chi connectivity index (χ3v) is 7.09. The molecule has 3 aromatic rings. The molecule has 0 unspecified atom stereocenters. The van der Waals surface area contributed by atoms with Crippen LogP contribution in [0.2, 0.25) is 0 Å². The highest BCUT2D eigenvalue weighted by Crippen LogP contribution is 2.40. The summed E-state index contributed by atoms with van der Waals surface area (Å²) >= 11 is 4.88. The van der Waals surface area contributed by atoms with Gasteiger partial charge in [-0.15, -0.1) is 0 Å². The van der Waals surface area contributed by atoms with Crippen molar-refractivity contribution >= 4 is 68.3 Å². The van der Waals surface area contributed by atoms with Crippen LogP contribution >= 0.6 is 45.2 Å². The summed E-state index contributed by atoms with van der Waals surface area (Å²) in [4.78, 5) is 0. The van der Waals surface area contributed by atoms with E-state index in [1.807, 2.05) is 0 Å². The van der Waals surface area contributed by atoms with Crippen LogP contribution in [-0.2, 0) is 5.41 Å². The Morgan fingerprint density at radius 1 is 0.880 bits per heavy atom. The lowest BCUT2D eigenvalue weighted by Crippen LogP contribution is -2.62. The van der Waals surface area contributed by atoms with Gasteiger partial charge in [-0.2, -0.15) is 0 Å². The summed E-state index contributed by atoms with van der Waals surface area (Å²) in [5.74, 6) is 2.00. The second-order valence-electron chi connectivity index (χ2n) is 7.26. The smallest absolute Gasteiger partial charge is 0.251 e. The van der Waals surface area contributed by atoms with E-state index in [1.54, 1.807) is 0 Å². The number of benzene rings is 3. The van der Waals surface area contributed by atoms with Crippen molar-refractivity contribution in [1.29, 1.82) is 0 Å². The van der Waals surface area contributed by atoms with Gasteiger partial charge in [0.05, 0.1) is 0 Å². The van der Waals surface area contributed by atoms with E-state index in [9.17, 15) is 0 Å². The molecule has 25 heavy (non-hydrogen) atoms. The molecule has 0 fully saturated rings. The van der Waals surface area contributed by atoms with Gasteiger partial charge in [-0.25, -0.2) is 0 Å². The third kappa shape index (κ3) is 2.19. The minimum atomic E-state index is -0.0300. The monoisotopic (exact) mass is 548 g/mol. The molecule has 2 aliphatic rings. The topological polar surface area (TPSA) is 9.23 Å². The van der Waals surface area contributed by atoms with Crippen molar-refractivity contribution in [2.75, 3.05) is 0 Å². The molecule has 0 amide bonds. The van der Waals surface area contributed by atoms with Crippen molar-refractivity contribution in [2.24, 2.45) is 0 Å². The molecule has 1 nitrogen and oxygen atoms in total. The second-order valence-corrected chi connectivity index (χ2v) is 9.67. The lowest BCUT2D eigenvalue weighted by molar-refractivity contribution is 0.484. The number of ether oxygens (including phenoxy) is 1. The maximum Gasteiger partial charge on any atom is 0.251 e. The summed E-state index contributed by atoms with van der Waals surface area (Å²) in [6, 6.07) is 19.8. The Labute approximate surface area is 175 Å². The summed E-state index contributed by atoms with van der Waals surface area (Å²) < 4.78 is 8.90. The molecule has 0 atom stereocenters. The van der Waals surface area contributed by atoms with E-state index >= 15 is 0 Å². The van der Waals surface area contributed by atoms with Crippen LogP contribution < -0.4 is 21.1 Å². The zero-order chi connectivity index (χ0) is 17.3. The van der Waals surface area contributed by atoms with Gasteiger partial charge in [0.2, 0.25) is 0 Å². The molecule has 122 valence electrons. The molecule has 2 heterocycles. The van der Waals surface area contributed by atoms with Gasteiger partial charge in [0, 0.05) is 12.6 Å². The van der Waals surface area contributed by atoms with Crippen LogP contribution in [-0.4, -0.2) is 6.71 Å². The maximum atomic E-state index is 6.34. The predicted molar refractivity (Wildman–Crippen MR) is 122 cm³/mol. The molecule has 0 bridgehead atoms. The largest absolute Gasteiger partial charge is 0.458 e. The van der Waals surface area contributed by atoms with Gasteiger partial charge in [0.25, 0.3) is 6.71 Å². The second kappa shape index (κ2) is 5.49. The minimum absolute atomic E-state index is 0.0300. The van der Waals surface area contributed by atoms with Gasteiger partial charge in [-0.05, 0) is 97.6 Å².